The molecule has 9 heteroatoms. The molecule has 8 nitrogen and oxygen atoms in total. The van der Waals surface area contributed by atoms with Crippen LogP contribution >= 0.6 is 11.6 Å². The van der Waals surface area contributed by atoms with Gasteiger partial charge in [0.1, 0.15) is 13.1 Å². The maximum atomic E-state index is 12.8. The van der Waals surface area contributed by atoms with Crippen molar-refractivity contribution in [2.45, 2.75) is 20.3 Å². The summed E-state index contributed by atoms with van der Waals surface area (Å²) in [5.74, 6) is -1.65. The summed E-state index contributed by atoms with van der Waals surface area (Å²) in [5.41, 5.74) is 2.99. The van der Waals surface area contributed by atoms with E-state index in [1.807, 2.05) is 19.1 Å². The number of hydrogen-bond donors (Lipinski definition) is 0. The average molecular weight is 408 g/mol. The maximum Gasteiger partial charge on any atom is 0.325 e. The van der Waals surface area contributed by atoms with E-state index in [9.17, 15) is 14.4 Å². The minimum absolute atomic E-state index is 0.0146. The van der Waals surface area contributed by atoms with Crippen molar-refractivity contribution in [3.05, 3.63) is 46.2 Å². The number of nitrogens with zero attached hydrogens (tertiary/aromatic N) is 3. The van der Waals surface area contributed by atoms with Gasteiger partial charge in [-0.25, -0.2) is 4.68 Å². The van der Waals surface area contributed by atoms with E-state index in [0.717, 1.165) is 21.8 Å². The fourth-order valence-corrected chi connectivity index (χ4v) is 2.83. The monoisotopic (exact) mass is 407 g/mol. The summed E-state index contributed by atoms with van der Waals surface area (Å²) in [6.07, 6.45) is -0.0146. The molecule has 0 fully saturated rings. The highest BCUT2D eigenvalue weighted by molar-refractivity contribution is 6.30. The smallest absolute Gasteiger partial charge is 0.325 e. The summed E-state index contributed by atoms with van der Waals surface area (Å²) in [7, 11) is 2.43. The number of halogens is 1. The van der Waals surface area contributed by atoms with Gasteiger partial charge in [0.25, 0.3) is 0 Å². The largest absolute Gasteiger partial charge is 0.468 e. The van der Waals surface area contributed by atoms with Crippen molar-refractivity contribution < 1.29 is 23.9 Å². The van der Waals surface area contributed by atoms with Crippen LogP contribution in [-0.2, 0) is 30.3 Å². The third kappa shape index (κ3) is 5.10. The van der Waals surface area contributed by atoms with E-state index < -0.39 is 17.8 Å². The van der Waals surface area contributed by atoms with E-state index in [4.69, 9.17) is 11.6 Å². The van der Waals surface area contributed by atoms with Gasteiger partial charge < -0.3 is 14.4 Å². The van der Waals surface area contributed by atoms with Gasteiger partial charge in [-0.3, -0.25) is 14.4 Å². The third-order valence-electron chi connectivity index (χ3n) is 4.29. The first-order chi connectivity index (χ1) is 13.3. The summed E-state index contributed by atoms with van der Waals surface area (Å²) < 4.78 is 10.9. The number of aryl methyl sites for hydroxylation is 1. The molecule has 0 bridgehead atoms. The SMILES string of the molecule is COC(=O)CN(CC(=O)OC)C(=O)Cc1c(C)nn(-c2ccc(Cl)cc2)c1C. The average Bonchev–Trinajstić information content (AvgIpc) is 2.95. The Balaban J connectivity index is 2.26. The number of esters is 2. The van der Waals surface area contributed by atoms with E-state index in [-0.39, 0.29) is 19.5 Å². The Morgan fingerprint density at radius 1 is 1.04 bits per heavy atom. The number of aromatic nitrogens is 2. The van der Waals surface area contributed by atoms with Crippen LogP contribution in [0.1, 0.15) is 17.0 Å². The van der Waals surface area contributed by atoms with Gasteiger partial charge in [0, 0.05) is 16.3 Å². The lowest BCUT2D eigenvalue weighted by molar-refractivity contribution is -0.151. The van der Waals surface area contributed by atoms with Gasteiger partial charge in [0.05, 0.1) is 32.0 Å². The molecule has 1 amide bonds. The van der Waals surface area contributed by atoms with Crippen LogP contribution in [0.2, 0.25) is 5.02 Å². The summed E-state index contributed by atoms with van der Waals surface area (Å²) in [5, 5.41) is 5.11. The van der Waals surface area contributed by atoms with Crippen LogP contribution in [0.15, 0.2) is 24.3 Å². The second-order valence-corrected chi connectivity index (χ2v) is 6.55. The molecule has 2 aromatic rings. The molecule has 0 atom stereocenters. The van der Waals surface area contributed by atoms with Gasteiger partial charge in [-0.15, -0.1) is 0 Å². The molecular weight excluding hydrogens is 386 g/mol. The molecule has 0 aliphatic heterocycles. The number of methoxy groups -OCH3 is 2. The topological polar surface area (TPSA) is 90.7 Å². The summed E-state index contributed by atoms with van der Waals surface area (Å²) >= 11 is 5.93. The molecule has 150 valence electrons. The Morgan fingerprint density at radius 3 is 2.07 bits per heavy atom. The Hall–Kier alpha value is -2.87. The number of amides is 1. The highest BCUT2D eigenvalue weighted by Crippen LogP contribution is 2.20. The van der Waals surface area contributed by atoms with E-state index >= 15 is 0 Å². The van der Waals surface area contributed by atoms with Crippen LogP contribution < -0.4 is 0 Å². The number of carbonyl (C=O) groups is 3. The lowest BCUT2D eigenvalue weighted by atomic mass is 10.1. The van der Waals surface area contributed by atoms with Crippen molar-refractivity contribution in [1.29, 1.82) is 0 Å². The molecule has 2 rings (SSSR count). The Bertz CT molecular complexity index is 858. The summed E-state index contributed by atoms with van der Waals surface area (Å²) in [6.45, 7) is 2.97. The first-order valence-corrected chi connectivity index (χ1v) is 8.87. The van der Waals surface area contributed by atoms with Crippen LogP contribution in [0.3, 0.4) is 0 Å². The zero-order valence-electron chi connectivity index (χ0n) is 16.2. The number of hydrogen-bond acceptors (Lipinski definition) is 6. The fraction of sp³-hybridized carbons (Fsp3) is 0.368. The Morgan fingerprint density at radius 2 is 1.57 bits per heavy atom. The van der Waals surface area contributed by atoms with Crippen molar-refractivity contribution in [3.63, 3.8) is 0 Å². The van der Waals surface area contributed by atoms with Crippen molar-refractivity contribution in [1.82, 2.24) is 14.7 Å². The van der Waals surface area contributed by atoms with Gasteiger partial charge in [-0.2, -0.15) is 5.10 Å². The van der Waals surface area contributed by atoms with Crippen LogP contribution in [0.4, 0.5) is 0 Å². The van der Waals surface area contributed by atoms with Gasteiger partial charge in [0.15, 0.2) is 0 Å². The fourth-order valence-electron chi connectivity index (χ4n) is 2.70. The molecule has 0 aliphatic carbocycles. The van der Waals surface area contributed by atoms with Crippen LogP contribution in [0, 0.1) is 13.8 Å². The standard InChI is InChI=1S/C19H22ClN3O5/c1-12-16(13(2)23(21-12)15-7-5-14(20)6-8-15)9-17(24)22(10-18(25)27-3)11-19(26)28-4/h5-8H,9-11H2,1-4H3. The number of rotatable bonds is 7. The first-order valence-electron chi connectivity index (χ1n) is 8.49. The van der Waals surface area contributed by atoms with E-state index in [1.165, 1.54) is 14.2 Å². The molecule has 0 saturated heterocycles. The molecule has 0 spiro atoms. The molecular formula is C19H22ClN3O5. The van der Waals surface area contributed by atoms with E-state index in [1.54, 1.807) is 23.7 Å². The van der Waals surface area contributed by atoms with Crippen LogP contribution in [-0.4, -0.2) is 59.8 Å². The van der Waals surface area contributed by atoms with Gasteiger partial charge >= 0.3 is 11.9 Å². The quantitative estimate of drug-likeness (QED) is 0.651. The molecule has 28 heavy (non-hydrogen) atoms. The number of benzene rings is 1. The zero-order chi connectivity index (χ0) is 20.8. The Kier molecular flexibility index (Phi) is 7.17. The lowest BCUT2D eigenvalue weighted by Crippen LogP contribution is -2.41. The van der Waals surface area contributed by atoms with Gasteiger partial charge in [-0.05, 0) is 38.1 Å². The number of carbonyl (C=O) groups excluding carboxylic acids is 3. The maximum absolute atomic E-state index is 12.8. The van der Waals surface area contributed by atoms with Crippen molar-refractivity contribution in [3.8, 4) is 5.69 Å². The molecule has 0 radical (unpaired) electrons. The predicted octanol–water partition coefficient (Wildman–Crippen LogP) is 1.86. The molecule has 0 N–H and O–H groups in total. The minimum atomic E-state index is -0.623. The van der Waals surface area contributed by atoms with E-state index in [0.29, 0.717) is 10.7 Å². The highest BCUT2D eigenvalue weighted by atomic mass is 35.5. The molecule has 1 aromatic heterocycles. The predicted molar refractivity (Wildman–Crippen MR) is 102 cm³/mol. The second kappa shape index (κ2) is 9.36. The molecule has 0 aliphatic rings. The molecule has 1 heterocycles. The van der Waals surface area contributed by atoms with Crippen LogP contribution in [0.25, 0.3) is 5.69 Å². The molecule has 1 aromatic carbocycles. The first kappa shape index (κ1) is 21.4. The second-order valence-electron chi connectivity index (χ2n) is 6.12. The number of ether oxygens (including phenoxy) is 2. The van der Waals surface area contributed by atoms with Crippen molar-refractivity contribution in [2.75, 3.05) is 27.3 Å². The zero-order valence-corrected chi connectivity index (χ0v) is 16.9. The molecule has 0 unspecified atom stereocenters. The minimum Gasteiger partial charge on any atom is -0.468 e. The van der Waals surface area contributed by atoms with Crippen molar-refractivity contribution in [2.24, 2.45) is 0 Å². The Labute approximate surface area is 168 Å². The summed E-state index contributed by atoms with van der Waals surface area (Å²) in [6, 6.07) is 7.17. The molecule has 0 saturated carbocycles. The van der Waals surface area contributed by atoms with Gasteiger partial charge in [0.2, 0.25) is 5.91 Å². The normalized spacial score (nSPS) is 10.5. The summed E-state index contributed by atoms with van der Waals surface area (Å²) in [4.78, 5) is 37.1. The highest BCUT2D eigenvalue weighted by Gasteiger charge is 2.24. The van der Waals surface area contributed by atoms with Crippen LogP contribution in [0.5, 0.6) is 0 Å². The van der Waals surface area contributed by atoms with E-state index in [2.05, 4.69) is 14.6 Å². The lowest BCUT2D eigenvalue weighted by Gasteiger charge is -2.20. The van der Waals surface area contributed by atoms with Crippen molar-refractivity contribution >= 4 is 29.4 Å². The van der Waals surface area contributed by atoms with Gasteiger partial charge in [-0.1, -0.05) is 11.6 Å². The third-order valence-corrected chi connectivity index (χ3v) is 4.54.